The second-order valence-corrected chi connectivity index (χ2v) is 6.49. The number of anilines is 1. The van der Waals surface area contributed by atoms with Crippen LogP contribution in [0.25, 0.3) is 0 Å². The Hall–Kier alpha value is -2.33. The molecule has 2 aromatic rings. The normalized spacial score (nSPS) is 14.9. The highest BCUT2D eigenvalue weighted by atomic mass is 16.5. The molecule has 1 heterocycles. The summed E-state index contributed by atoms with van der Waals surface area (Å²) >= 11 is 0. The largest absolute Gasteiger partial charge is 0.493 e. The number of carbonyl (C=O) groups excluding carboxylic acids is 1. The van der Waals surface area contributed by atoms with Crippen LogP contribution in [0.5, 0.6) is 5.75 Å². The van der Waals surface area contributed by atoms with Crippen molar-refractivity contribution in [3.63, 3.8) is 0 Å². The maximum absolute atomic E-state index is 12.1. The molecule has 0 spiro atoms. The molecule has 1 saturated heterocycles. The molecule has 0 aliphatic carbocycles. The topological polar surface area (TPSA) is 41.6 Å². The van der Waals surface area contributed by atoms with Gasteiger partial charge in [-0.3, -0.25) is 9.69 Å². The van der Waals surface area contributed by atoms with Gasteiger partial charge in [0.2, 0.25) is 5.91 Å². The van der Waals surface area contributed by atoms with E-state index in [0.29, 0.717) is 13.2 Å². The second-order valence-electron chi connectivity index (χ2n) is 6.49. The number of ether oxygens (including phenoxy) is 1. The van der Waals surface area contributed by atoms with Crippen molar-refractivity contribution in [2.45, 2.75) is 25.7 Å². The minimum atomic E-state index is 0.0552. The number of piperidine rings is 1. The number of hydrogen-bond acceptors (Lipinski definition) is 3. The number of likely N-dealkylation sites (tertiary alicyclic amines) is 1. The fraction of sp³-hybridized carbons (Fsp3) is 0.381. The third-order valence-corrected chi connectivity index (χ3v) is 4.46. The van der Waals surface area contributed by atoms with Crippen LogP contribution in [0.4, 0.5) is 5.69 Å². The lowest BCUT2D eigenvalue weighted by atomic mass is 10.1. The quantitative estimate of drug-likeness (QED) is 0.836. The molecule has 0 unspecified atom stereocenters. The Morgan fingerprint density at radius 1 is 0.960 bits per heavy atom. The molecule has 1 amide bonds. The van der Waals surface area contributed by atoms with E-state index in [2.05, 4.69) is 22.3 Å². The highest BCUT2D eigenvalue weighted by Crippen LogP contribution is 2.16. The van der Waals surface area contributed by atoms with E-state index < -0.39 is 0 Å². The first-order valence-electron chi connectivity index (χ1n) is 9.08. The standard InChI is InChI=1S/C21H26N2O2/c24-21(17-23-14-5-2-6-15-23)22-19-9-11-20(12-10-19)25-16-13-18-7-3-1-4-8-18/h1,3-4,7-12H,2,5-6,13-17H2,(H,22,24). The molecule has 132 valence electrons. The van der Waals surface area contributed by atoms with Crippen LogP contribution in [0.1, 0.15) is 24.8 Å². The minimum absolute atomic E-state index is 0.0552. The van der Waals surface area contributed by atoms with Crippen LogP contribution >= 0.6 is 0 Å². The first-order valence-corrected chi connectivity index (χ1v) is 9.08. The average Bonchev–Trinajstić information content (AvgIpc) is 2.65. The van der Waals surface area contributed by atoms with Crippen LogP contribution < -0.4 is 10.1 Å². The molecule has 3 rings (SSSR count). The zero-order chi connectivity index (χ0) is 17.3. The summed E-state index contributed by atoms with van der Waals surface area (Å²) in [6.07, 6.45) is 4.56. The fourth-order valence-electron chi connectivity index (χ4n) is 3.09. The molecule has 0 saturated carbocycles. The molecule has 25 heavy (non-hydrogen) atoms. The van der Waals surface area contributed by atoms with Crippen molar-refractivity contribution in [3.8, 4) is 5.75 Å². The summed E-state index contributed by atoms with van der Waals surface area (Å²) in [5.74, 6) is 0.879. The van der Waals surface area contributed by atoms with E-state index in [9.17, 15) is 4.79 Å². The van der Waals surface area contributed by atoms with Gasteiger partial charge in [-0.05, 0) is 55.8 Å². The third kappa shape index (κ3) is 5.91. The summed E-state index contributed by atoms with van der Waals surface area (Å²) in [6.45, 7) is 3.18. The molecule has 1 aliphatic rings. The van der Waals surface area contributed by atoms with E-state index in [1.165, 1.54) is 24.8 Å². The van der Waals surface area contributed by atoms with E-state index >= 15 is 0 Å². The summed E-state index contributed by atoms with van der Waals surface area (Å²) in [4.78, 5) is 14.3. The van der Waals surface area contributed by atoms with Gasteiger partial charge >= 0.3 is 0 Å². The molecular formula is C21H26N2O2. The zero-order valence-corrected chi connectivity index (χ0v) is 14.6. The Morgan fingerprint density at radius 2 is 1.68 bits per heavy atom. The van der Waals surface area contributed by atoms with Crippen LogP contribution in [0.3, 0.4) is 0 Å². The van der Waals surface area contributed by atoms with E-state index in [4.69, 9.17) is 4.74 Å². The maximum Gasteiger partial charge on any atom is 0.238 e. The lowest BCUT2D eigenvalue weighted by Crippen LogP contribution is -2.36. The van der Waals surface area contributed by atoms with Crippen molar-refractivity contribution in [1.82, 2.24) is 4.90 Å². The predicted octanol–water partition coefficient (Wildman–Crippen LogP) is 3.73. The first-order chi connectivity index (χ1) is 12.3. The molecule has 1 fully saturated rings. The van der Waals surface area contributed by atoms with Gasteiger partial charge in [0, 0.05) is 12.1 Å². The zero-order valence-electron chi connectivity index (χ0n) is 14.6. The van der Waals surface area contributed by atoms with Gasteiger partial charge in [-0.25, -0.2) is 0 Å². The molecule has 1 N–H and O–H groups in total. The van der Waals surface area contributed by atoms with Crippen LogP contribution in [0.15, 0.2) is 54.6 Å². The van der Waals surface area contributed by atoms with E-state index in [1.807, 2.05) is 42.5 Å². The van der Waals surface area contributed by atoms with Crippen molar-refractivity contribution in [2.75, 3.05) is 31.6 Å². The highest BCUT2D eigenvalue weighted by molar-refractivity contribution is 5.92. The lowest BCUT2D eigenvalue weighted by Gasteiger charge is -2.25. The summed E-state index contributed by atoms with van der Waals surface area (Å²) < 4.78 is 5.77. The van der Waals surface area contributed by atoms with Crippen LogP contribution in [-0.4, -0.2) is 37.0 Å². The molecule has 1 aliphatic heterocycles. The number of nitrogens with one attached hydrogen (secondary N) is 1. The van der Waals surface area contributed by atoms with Gasteiger partial charge in [-0.15, -0.1) is 0 Å². The lowest BCUT2D eigenvalue weighted by molar-refractivity contribution is -0.117. The van der Waals surface area contributed by atoms with Gasteiger partial charge in [-0.2, -0.15) is 0 Å². The van der Waals surface area contributed by atoms with Crippen LogP contribution in [0, 0.1) is 0 Å². The molecule has 0 atom stereocenters. The van der Waals surface area contributed by atoms with Crippen molar-refractivity contribution in [3.05, 3.63) is 60.2 Å². The Kier molecular flexibility index (Phi) is 6.46. The molecule has 0 bridgehead atoms. The summed E-state index contributed by atoms with van der Waals surface area (Å²) in [7, 11) is 0. The Bertz CT molecular complexity index is 649. The van der Waals surface area contributed by atoms with Gasteiger partial charge < -0.3 is 10.1 Å². The number of amides is 1. The highest BCUT2D eigenvalue weighted by Gasteiger charge is 2.13. The second kappa shape index (κ2) is 9.23. The summed E-state index contributed by atoms with van der Waals surface area (Å²) in [5.41, 5.74) is 2.08. The number of nitrogens with zero attached hydrogens (tertiary/aromatic N) is 1. The average molecular weight is 338 g/mol. The monoisotopic (exact) mass is 338 g/mol. The maximum atomic E-state index is 12.1. The van der Waals surface area contributed by atoms with Gasteiger partial charge in [0.15, 0.2) is 0 Å². The molecule has 2 aromatic carbocycles. The number of benzene rings is 2. The minimum Gasteiger partial charge on any atom is -0.493 e. The Morgan fingerprint density at radius 3 is 2.40 bits per heavy atom. The summed E-state index contributed by atoms with van der Waals surface area (Å²) in [6, 6.07) is 17.9. The van der Waals surface area contributed by atoms with Crippen molar-refractivity contribution >= 4 is 11.6 Å². The van der Waals surface area contributed by atoms with E-state index in [0.717, 1.165) is 30.9 Å². The van der Waals surface area contributed by atoms with E-state index in [-0.39, 0.29) is 5.91 Å². The molecule has 0 radical (unpaired) electrons. The van der Waals surface area contributed by atoms with Gasteiger partial charge in [0.25, 0.3) is 0 Å². The summed E-state index contributed by atoms with van der Waals surface area (Å²) in [5, 5.41) is 2.96. The van der Waals surface area contributed by atoms with E-state index in [1.54, 1.807) is 0 Å². The van der Waals surface area contributed by atoms with Crippen LogP contribution in [-0.2, 0) is 11.2 Å². The van der Waals surface area contributed by atoms with Gasteiger partial charge in [0.05, 0.1) is 13.2 Å². The molecular weight excluding hydrogens is 312 g/mol. The third-order valence-electron chi connectivity index (χ3n) is 4.46. The number of hydrogen-bond donors (Lipinski definition) is 1. The van der Waals surface area contributed by atoms with Crippen molar-refractivity contribution in [1.29, 1.82) is 0 Å². The molecule has 4 nitrogen and oxygen atoms in total. The van der Waals surface area contributed by atoms with Gasteiger partial charge in [-0.1, -0.05) is 36.8 Å². The molecule has 0 aromatic heterocycles. The molecule has 4 heteroatoms. The predicted molar refractivity (Wildman–Crippen MR) is 101 cm³/mol. The fourth-order valence-corrected chi connectivity index (χ4v) is 3.09. The Balaban J connectivity index is 1.41. The van der Waals surface area contributed by atoms with Crippen molar-refractivity contribution in [2.24, 2.45) is 0 Å². The Labute approximate surface area is 149 Å². The van der Waals surface area contributed by atoms with Crippen LogP contribution in [0.2, 0.25) is 0 Å². The SMILES string of the molecule is O=C(CN1CCCCC1)Nc1ccc(OCCc2ccccc2)cc1. The van der Waals surface area contributed by atoms with Crippen molar-refractivity contribution < 1.29 is 9.53 Å². The number of carbonyl (C=O) groups is 1. The number of rotatable bonds is 7. The smallest absolute Gasteiger partial charge is 0.238 e. The first kappa shape index (κ1) is 17.5. The van der Waals surface area contributed by atoms with Gasteiger partial charge in [0.1, 0.15) is 5.75 Å².